The predicted octanol–water partition coefficient (Wildman–Crippen LogP) is 2.38. The summed E-state index contributed by atoms with van der Waals surface area (Å²) in [7, 11) is -10.2. The zero-order chi connectivity index (χ0) is 24.1. The average Bonchev–Trinajstić information content (AvgIpc) is 2.82. The van der Waals surface area contributed by atoms with Crippen molar-refractivity contribution in [3.63, 3.8) is 0 Å². The molecule has 0 aromatic heterocycles. The Bertz CT molecular complexity index is 1710. The molecule has 2 heterocycles. The molecule has 3 N–H and O–H groups in total. The molecule has 0 atom stereocenters. The van der Waals surface area contributed by atoms with Crippen LogP contribution in [-0.4, -0.2) is 25.9 Å². The molecule has 0 unspecified atom stereocenters. The topological polar surface area (TPSA) is 124 Å². The standard InChI is InChI=1S/C24H18N2O6S2/c27-33(28,29)22-15-21(17-9-5-2-6-10-17)20-12-11-19-18(16-7-3-1-4-8-16)13-14-25-23(19)24(20)26(22)34(30,31)32/h1-15,25H,(H,27,28,29)(H,30,31,32). The third-order valence-corrected chi connectivity index (χ3v) is 7.36. The van der Waals surface area contributed by atoms with E-state index in [4.69, 9.17) is 0 Å². The molecule has 10 heteroatoms. The Kier molecular flexibility index (Phi) is 5.18. The van der Waals surface area contributed by atoms with Crippen LogP contribution in [0, 0.1) is 0 Å². The number of hydrogen-bond donors (Lipinski definition) is 3. The minimum Gasteiger partial charge on any atom is -0.359 e. The fourth-order valence-corrected chi connectivity index (χ4v) is 6.03. The maximum atomic E-state index is 12.5. The molecule has 0 spiro atoms. The molecule has 0 amide bonds. The molecule has 34 heavy (non-hydrogen) atoms. The Balaban J connectivity index is 1.98. The average molecular weight is 495 g/mol. The summed E-state index contributed by atoms with van der Waals surface area (Å²) < 4.78 is 69.8. The first-order valence-corrected chi connectivity index (χ1v) is 12.9. The highest BCUT2D eigenvalue weighted by Gasteiger charge is 2.38. The molecule has 0 saturated heterocycles. The first-order chi connectivity index (χ1) is 16.2. The lowest BCUT2D eigenvalue weighted by atomic mass is 9.95. The van der Waals surface area contributed by atoms with Gasteiger partial charge in [-0.15, -0.1) is 0 Å². The van der Waals surface area contributed by atoms with Crippen LogP contribution in [0.15, 0.2) is 96.2 Å². The van der Waals surface area contributed by atoms with Crippen LogP contribution in [0.5, 0.6) is 0 Å². The van der Waals surface area contributed by atoms with Crippen LogP contribution in [0.3, 0.4) is 0 Å². The summed E-state index contributed by atoms with van der Waals surface area (Å²) in [5.74, 6) is 0. The van der Waals surface area contributed by atoms with Crippen LogP contribution in [0.1, 0.15) is 11.1 Å². The summed E-state index contributed by atoms with van der Waals surface area (Å²) in [5, 5.41) is 2.96. The maximum absolute atomic E-state index is 12.5. The first-order valence-electron chi connectivity index (χ1n) is 10.1. The molecule has 0 saturated carbocycles. The number of nitrogens with zero attached hydrogens (tertiary/aromatic N) is 1. The number of fused-ring (bicyclic) bond motifs is 3. The van der Waals surface area contributed by atoms with E-state index in [2.05, 4.69) is 5.32 Å². The molecule has 3 aromatic carbocycles. The van der Waals surface area contributed by atoms with Gasteiger partial charge in [0.25, 0.3) is 0 Å². The third-order valence-electron chi connectivity index (χ3n) is 5.57. The maximum Gasteiger partial charge on any atom is 0.365 e. The molecule has 2 aliphatic rings. The lowest BCUT2D eigenvalue weighted by Gasteiger charge is -2.30. The van der Waals surface area contributed by atoms with Crippen molar-refractivity contribution in [2.24, 2.45) is 0 Å². The second-order valence-corrected chi connectivity index (χ2v) is 10.3. The molecule has 2 aliphatic heterocycles. The van der Waals surface area contributed by atoms with E-state index in [1.54, 1.807) is 48.7 Å². The van der Waals surface area contributed by atoms with Crippen molar-refractivity contribution in [2.75, 3.05) is 9.62 Å². The van der Waals surface area contributed by atoms with Crippen LogP contribution < -0.4 is 20.1 Å². The van der Waals surface area contributed by atoms with Crippen molar-refractivity contribution in [3.05, 3.63) is 118 Å². The van der Waals surface area contributed by atoms with Gasteiger partial charge in [0.15, 0.2) is 5.03 Å². The van der Waals surface area contributed by atoms with Crippen molar-refractivity contribution >= 4 is 42.9 Å². The van der Waals surface area contributed by atoms with Crippen LogP contribution in [-0.2, 0) is 20.4 Å². The molecule has 0 aliphatic carbocycles. The van der Waals surface area contributed by atoms with Crippen molar-refractivity contribution in [1.29, 1.82) is 0 Å². The summed E-state index contributed by atoms with van der Waals surface area (Å²) >= 11 is 0. The van der Waals surface area contributed by atoms with E-state index in [0.29, 0.717) is 21.6 Å². The van der Waals surface area contributed by atoms with Crippen molar-refractivity contribution in [2.45, 2.75) is 0 Å². The fraction of sp³-hybridized carbons (Fsp3) is 0. The normalized spacial score (nSPS) is 15.4. The molecule has 8 nitrogen and oxygen atoms in total. The lowest BCUT2D eigenvalue weighted by Crippen LogP contribution is -2.41. The van der Waals surface area contributed by atoms with E-state index in [1.165, 1.54) is 0 Å². The van der Waals surface area contributed by atoms with Crippen molar-refractivity contribution in [3.8, 4) is 0 Å². The minimum atomic E-state index is -5.15. The summed E-state index contributed by atoms with van der Waals surface area (Å²) in [4.78, 5) is 0. The molecule has 0 fully saturated rings. The predicted molar refractivity (Wildman–Crippen MR) is 130 cm³/mol. The van der Waals surface area contributed by atoms with E-state index in [0.717, 1.165) is 17.2 Å². The highest BCUT2D eigenvalue weighted by Crippen LogP contribution is 2.35. The SMILES string of the molecule is O=S(=O)(O)C1=CC(c2ccccc2)=c2ccc3c(c2N1S(=O)(=O)O)NC=CC=3c1ccccc1. The molecular weight excluding hydrogens is 476 g/mol. The van der Waals surface area contributed by atoms with Crippen molar-refractivity contribution in [1.82, 2.24) is 0 Å². The van der Waals surface area contributed by atoms with Gasteiger partial charge in [0.1, 0.15) is 0 Å². The number of benzene rings is 3. The Morgan fingerprint density at radius 1 is 0.706 bits per heavy atom. The Hall–Kier alpha value is -3.70. The van der Waals surface area contributed by atoms with Gasteiger partial charge in [-0.2, -0.15) is 21.1 Å². The van der Waals surface area contributed by atoms with Gasteiger partial charge < -0.3 is 5.32 Å². The van der Waals surface area contributed by atoms with Gasteiger partial charge in [-0.25, -0.2) is 0 Å². The van der Waals surface area contributed by atoms with Crippen LogP contribution in [0.2, 0.25) is 0 Å². The lowest BCUT2D eigenvalue weighted by molar-refractivity contribution is 0.474. The fourth-order valence-electron chi connectivity index (χ4n) is 4.19. The molecule has 0 bridgehead atoms. The third kappa shape index (κ3) is 3.72. The largest absolute Gasteiger partial charge is 0.365 e. The Labute approximate surface area is 196 Å². The highest BCUT2D eigenvalue weighted by atomic mass is 32.2. The van der Waals surface area contributed by atoms with Crippen LogP contribution in [0.25, 0.3) is 11.1 Å². The van der Waals surface area contributed by atoms with Crippen LogP contribution in [0.4, 0.5) is 11.4 Å². The molecule has 0 radical (unpaired) electrons. The molecule has 172 valence electrons. The number of allylic oxidation sites excluding steroid dienone is 2. The van der Waals surface area contributed by atoms with Gasteiger partial charge in [0.05, 0.1) is 11.4 Å². The number of hydrogen-bond acceptors (Lipinski definition) is 5. The van der Waals surface area contributed by atoms with Gasteiger partial charge >= 0.3 is 20.4 Å². The van der Waals surface area contributed by atoms with Gasteiger partial charge in [-0.1, -0.05) is 72.8 Å². The van der Waals surface area contributed by atoms with Gasteiger partial charge in [-0.3, -0.25) is 9.11 Å². The van der Waals surface area contributed by atoms with Gasteiger partial charge in [-0.05, 0) is 34.4 Å². The second-order valence-electron chi connectivity index (χ2n) is 7.62. The quantitative estimate of drug-likeness (QED) is 0.476. The van der Waals surface area contributed by atoms with E-state index >= 15 is 0 Å². The Morgan fingerprint density at radius 2 is 1.26 bits per heavy atom. The minimum absolute atomic E-state index is 0.119. The van der Waals surface area contributed by atoms with E-state index in [-0.39, 0.29) is 15.7 Å². The number of anilines is 2. The monoisotopic (exact) mass is 494 g/mol. The zero-order valence-electron chi connectivity index (χ0n) is 17.5. The van der Waals surface area contributed by atoms with E-state index < -0.39 is 25.5 Å². The zero-order valence-corrected chi connectivity index (χ0v) is 19.1. The summed E-state index contributed by atoms with van der Waals surface area (Å²) in [6.45, 7) is 0. The summed E-state index contributed by atoms with van der Waals surface area (Å²) in [6.07, 6.45) is 4.44. The van der Waals surface area contributed by atoms with E-state index in [1.807, 2.05) is 36.4 Å². The smallest absolute Gasteiger partial charge is 0.359 e. The second kappa shape index (κ2) is 7.96. The highest BCUT2D eigenvalue weighted by molar-refractivity contribution is 7.93. The van der Waals surface area contributed by atoms with Crippen molar-refractivity contribution < 1.29 is 25.9 Å². The van der Waals surface area contributed by atoms with E-state index in [9.17, 15) is 25.9 Å². The summed E-state index contributed by atoms with van der Waals surface area (Å²) in [5.41, 5.74) is 2.72. The van der Waals surface area contributed by atoms with Crippen LogP contribution >= 0.6 is 0 Å². The first kappa shape index (κ1) is 22.1. The molecule has 5 rings (SSSR count). The van der Waals surface area contributed by atoms with Gasteiger partial charge in [0.2, 0.25) is 0 Å². The number of rotatable bonds is 4. The summed E-state index contributed by atoms with van der Waals surface area (Å²) in [6, 6.07) is 21.6. The Morgan fingerprint density at radius 3 is 1.82 bits per heavy atom. The molecule has 3 aromatic rings. The number of nitrogens with one attached hydrogen (secondary N) is 1. The molecular formula is C24H18N2O6S2. The van der Waals surface area contributed by atoms with Gasteiger partial charge in [0, 0.05) is 16.6 Å².